The van der Waals surface area contributed by atoms with Crippen LogP contribution < -0.4 is 11.3 Å². The summed E-state index contributed by atoms with van der Waals surface area (Å²) in [5, 5.41) is 0. The van der Waals surface area contributed by atoms with Gasteiger partial charge in [0.25, 0.3) is 0 Å². The van der Waals surface area contributed by atoms with Crippen molar-refractivity contribution >= 4 is 15.9 Å². The minimum atomic E-state index is -0.228. The third-order valence-corrected chi connectivity index (χ3v) is 3.79. The molecule has 1 unspecified atom stereocenters. The first kappa shape index (κ1) is 12.0. The maximum atomic E-state index is 13.0. The van der Waals surface area contributed by atoms with Gasteiger partial charge in [-0.05, 0) is 36.5 Å². The third kappa shape index (κ3) is 3.03. The SMILES string of the molecule is NNC(CCC1CC1)c1ccc(F)cc1Br. The second-order valence-corrected chi connectivity index (χ2v) is 5.26. The summed E-state index contributed by atoms with van der Waals surface area (Å²) in [5.74, 6) is 6.21. The molecule has 0 amide bonds. The summed E-state index contributed by atoms with van der Waals surface area (Å²) in [5.41, 5.74) is 3.84. The molecule has 0 aromatic heterocycles. The molecule has 88 valence electrons. The number of hydrazine groups is 1. The van der Waals surface area contributed by atoms with E-state index in [1.165, 1.54) is 31.4 Å². The van der Waals surface area contributed by atoms with Gasteiger partial charge in [0, 0.05) is 10.5 Å². The third-order valence-electron chi connectivity index (χ3n) is 3.10. The largest absolute Gasteiger partial charge is 0.271 e. The molecular formula is C12H16BrFN2. The molecule has 2 nitrogen and oxygen atoms in total. The predicted molar refractivity (Wildman–Crippen MR) is 66.1 cm³/mol. The minimum absolute atomic E-state index is 0.107. The van der Waals surface area contributed by atoms with Crippen molar-refractivity contribution in [2.24, 2.45) is 11.8 Å². The molecule has 0 bridgehead atoms. The molecule has 1 aliphatic rings. The van der Waals surface area contributed by atoms with Crippen molar-refractivity contribution in [3.63, 3.8) is 0 Å². The highest BCUT2D eigenvalue weighted by Crippen LogP contribution is 2.36. The van der Waals surface area contributed by atoms with Crippen LogP contribution in [0.4, 0.5) is 4.39 Å². The predicted octanol–water partition coefficient (Wildman–Crippen LogP) is 3.28. The van der Waals surface area contributed by atoms with E-state index in [2.05, 4.69) is 21.4 Å². The lowest BCUT2D eigenvalue weighted by molar-refractivity contribution is 0.479. The van der Waals surface area contributed by atoms with Crippen LogP contribution in [0.25, 0.3) is 0 Å². The number of hydrogen-bond acceptors (Lipinski definition) is 2. The number of rotatable bonds is 5. The second kappa shape index (κ2) is 5.25. The molecule has 0 saturated heterocycles. The van der Waals surface area contributed by atoms with E-state index < -0.39 is 0 Å². The Balaban J connectivity index is 2.05. The van der Waals surface area contributed by atoms with Gasteiger partial charge in [0.2, 0.25) is 0 Å². The summed E-state index contributed by atoms with van der Waals surface area (Å²) >= 11 is 3.38. The highest BCUT2D eigenvalue weighted by Gasteiger charge is 2.23. The smallest absolute Gasteiger partial charge is 0.124 e. The van der Waals surface area contributed by atoms with Crippen molar-refractivity contribution in [1.82, 2.24) is 5.43 Å². The standard InChI is InChI=1S/C12H16BrFN2/c13-11-7-9(14)4-5-10(11)12(16-15)6-3-8-1-2-8/h4-5,7-8,12,16H,1-3,6,15H2. The molecule has 3 N–H and O–H groups in total. The van der Waals surface area contributed by atoms with Crippen LogP contribution in [-0.2, 0) is 0 Å². The summed E-state index contributed by atoms with van der Waals surface area (Å²) in [7, 11) is 0. The van der Waals surface area contributed by atoms with Crippen LogP contribution in [0.3, 0.4) is 0 Å². The number of hydrogen-bond donors (Lipinski definition) is 2. The Bertz CT molecular complexity index is 366. The summed E-state index contributed by atoms with van der Waals surface area (Å²) in [6.45, 7) is 0. The van der Waals surface area contributed by atoms with Gasteiger partial charge >= 0.3 is 0 Å². The van der Waals surface area contributed by atoms with E-state index in [4.69, 9.17) is 5.84 Å². The van der Waals surface area contributed by atoms with Crippen LogP contribution in [0.1, 0.15) is 37.3 Å². The normalized spacial score (nSPS) is 17.4. The Morgan fingerprint density at radius 1 is 1.50 bits per heavy atom. The zero-order valence-electron chi connectivity index (χ0n) is 9.05. The summed E-state index contributed by atoms with van der Waals surface area (Å²) in [4.78, 5) is 0. The fourth-order valence-corrected chi connectivity index (χ4v) is 2.55. The molecule has 2 rings (SSSR count). The molecule has 0 spiro atoms. The maximum absolute atomic E-state index is 13.0. The van der Waals surface area contributed by atoms with Crippen molar-refractivity contribution in [2.75, 3.05) is 0 Å². The quantitative estimate of drug-likeness (QED) is 0.644. The molecule has 0 radical (unpaired) electrons. The molecule has 1 saturated carbocycles. The summed E-state index contributed by atoms with van der Waals surface area (Å²) in [6, 6.07) is 4.85. The Hall–Kier alpha value is -0.450. The van der Waals surface area contributed by atoms with E-state index in [-0.39, 0.29) is 11.9 Å². The molecule has 1 aliphatic carbocycles. The van der Waals surface area contributed by atoms with Crippen molar-refractivity contribution in [3.05, 3.63) is 34.1 Å². The van der Waals surface area contributed by atoms with E-state index in [0.29, 0.717) is 0 Å². The van der Waals surface area contributed by atoms with Crippen LogP contribution >= 0.6 is 15.9 Å². The van der Waals surface area contributed by atoms with Gasteiger partial charge in [-0.25, -0.2) is 4.39 Å². The van der Waals surface area contributed by atoms with Gasteiger partial charge in [0.15, 0.2) is 0 Å². The number of halogens is 2. The average molecular weight is 287 g/mol. The van der Waals surface area contributed by atoms with Crippen molar-refractivity contribution in [2.45, 2.75) is 31.7 Å². The Morgan fingerprint density at radius 3 is 2.81 bits per heavy atom. The first-order valence-corrected chi connectivity index (χ1v) is 6.41. The van der Waals surface area contributed by atoms with Crippen molar-refractivity contribution in [3.8, 4) is 0 Å². The molecule has 4 heteroatoms. The van der Waals surface area contributed by atoms with Crippen molar-refractivity contribution < 1.29 is 4.39 Å². The van der Waals surface area contributed by atoms with E-state index in [1.54, 1.807) is 6.07 Å². The van der Waals surface area contributed by atoms with E-state index in [0.717, 1.165) is 22.4 Å². The Labute approximate surface area is 104 Å². The van der Waals surface area contributed by atoms with Crippen molar-refractivity contribution in [1.29, 1.82) is 0 Å². The fourth-order valence-electron chi connectivity index (χ4n) is 1.92. The minimum Gasteiger partial charge on any atom is -0.271 e. The van der Waals surface area contributed by atoms with E-state index in [1.807, 2.05) is 0 Å². The fraction of sp³-hybridized carbons (Fsp3) is 0.500. The van der Waals surface area contributed by atoms with Gasteiger partial charge in [-0.15, -0.1) is 0 Å². The number of nitrogens with two attached hydrogens (primary N) is 1. The zero-order chi connectivity index (χ0) is 11.5. The lowest BCUT2D eigenvalue weighted by atomic mass is 10.0. The highest BCUT2D eigenvalue weighted by atomic mass is 79.9. The monoisotopic (exact) mass is 286 g/mol. The molecule has 1 aromatic rings. The van der Waals surface area contributed by atoms with Gasteiger partial charge in [0.05, 0.1) is 0 Å². The average Bonchev–Trinajstić information content (AvgIpc) is 3.05. The number of benzene rings is 1. The van der Waals surface area contributed by atoms with Crippen LogP contribution in [0.2, 0.25) is 0 Å². The topological polar surface area (TPSA) is 38.0 Å². The maximum Gasteiger partial charge on any atom is 0.124 e. The Morgan fingerprint density at radius 2 is 2.25 bits per heavy atom. The van der Waals surface area contributed by atoms with Gasteiger partial charge in [0.1, 0.15) is 5.82 Å². The molecule has 16 heavy (non-hydrogen) atoms. The molecule has 1 atom stereocenters. The lowest BCUT2D eigenvalue weighted by Crippen LogP contribution is -2.28. The Kier molecular flexibility index (Phi) is 3.95. The van der Waals surface area contributed by atoms with Gasteiger partial charge in [-0.2, -0.15) is 0 Å². The first-order valence-electron chi connectivity index (χ1n) is 5.62. The molecule has 0 aliphatic heterocycles. The first-order chi connectivity index (χ1) is 7.70. The van der Waals surface area contributed by atoms with Gasteiger partial charge in [-0.1, -0.05) is 34.8 Å². The van der Waals surface area contributed by atoms with E-state index in [9.17, 15) is 4.39 Å². The lowest BCUT2D eigenvalue weighted by Gasteiger charge is -2.17. The van der Waals surface area contributed by atoms with Gasteiger partial charge in [-0.3, -0.25) is 11.3 Å². The van der Waals surface area contributed by atoms with Crippen LogP contribution in [0, 0.1) is 11.7 Å². The molecule has 1 fully saturated rings. The van der Waals surface area contributed by atoms with Crippen LogP contribution in [0.5, 0.6) is 0 Å². The second-order valence-electron chi connectivity index (χ2n) is 4.41. The molecule has 0 heterocycles. The zero-order valence-corrected chi connectivity index (χ0v) is 10.6. The van der Waals surface area contributed by atoms with E-state index >= 15 is 0 Å². The number of nitrogens with one attached hydrogen (secondary N) is 1. The molecule has 1 aromatic carbocycles. The molecular weight excluding hydrogens is 271 g/mol. The summed E-state index contributed by atoms with van der Waals surface area (Å²) < 4.78 is 13.7. The highest BCUT2D eigenvalue weighted by molar-refractivity contribution is 9.10. The summed E-state index contributed by atoms with van der Waals surface area (Å²) in [6.07, 6.45) is 4.90. The van der Waals surface area contributed by atoms with Gasteiger partial charge < -0.3 is 0 Å². The van der Waals surface area contributed by atoms with Crippen LogP contribution in [0.15, 0.2) is 22.7 Å². The van der Waals surface area contributed by atoms with Crippen LogP contribution in [-0.4, -0.2) is 0 Å².